The molecule has 2 heterocycles. The van der Waals surface area contributed by atoms with Gasteiger partial charge in [0.2, 0.25) is 0 Å². The number of nitrogens with two attached hydrogens (primary N) is 1. The summed E-state index contributed by atoms with van der Waals surface area (Å²) in [6.45, 7) is 0. The molecule has 1 atom stereocenters. The number of fused-ring (bicyclic) bond motifs is 1. The Morgan fingerprint density at radius 1 is 1.12 bits per heavy atom. The molecule has 9 heteroatoms. The molecule has 0 amide bonds. The molecule has 2 aromatic carbocycles. The van der Waals surface area contributed by atoms with Gasteiger partial charge in [0.25, 0.3) is 5.56 Å². The van der Waals surface area contributed by atoms with Gasteiger partial charge in [0.05, 0.1) is 43.2 Å². The van der Waals surface area contributed by atoms with Crippen molar-refractivity contribution in [3.63, 3.8) is 0 Å². The molecule has 0 saturated carbocycles. The predicted molar refractivity (Wildman–Crippen MR) is 128 cm³/mol. The fourth-order valence-corrected chi connectivity index (χ4v) is 5.03. The van der Waals surface area contributed by atoms with Crippen LogP contribution in [-0.2, 0) is 9.53 Å². The molecule has 8 nitrogen and oxygen atoms in total. The maximum absolute atomic E-state index is 13.7. The number of carbonyl (C=O) groups excluding carboxylic acids is 1. The van der Waals surface area contributed by atoms with Crippen LogP contribution in [0, 0.1) is 11.3 Å². The normalized spacial score (nSPS) is 15.5. The zero-order valence-electron chi connectivity index (χ0n) is 18.7. The van der Waals surface area contributed by atoms with E-state index >= 15 is 0 Å². The highest BCUT2D eigenvalue weighted by Crippen LogP contribution is 2.32. The molecule has 34 heavy (non-hydrogen) atoms. The zero-order chi connectivity index (χ0) is 24.4. The first-order valence-corrected chi connectivity index (χ1v) is 11.0. The molecule has 0 spiro atoms. The van der Waals surface area contributed by atoms with Crippen molar-refractivity contribution in [2.24, 2.45) is 5.73 Å². The smallest absolute Gasteiger partial charge is 0.343 e. The quantitative estimate of drug-likeness (QED) is 0.555. The van der Waals surface area contributed by atoms with Gasteiger partial charge in [-0.3, -0.25) is 9.36 Å². The van der Waals surface area contributed by atoms with Gasteiger partial charge in [0.1, 0.15) is 27.8 Å². The molecule has 4 rings (SSSR count). The van der Waals surface area contributed by atoms with Gasteiger partial charge in [-0.15, -0.1) is 11.3 Å². The van der Waals surface area contributed by atoms with Crippen molar-refractivity contribution in [3.8, 4) is 17.6 Å². The first kappa shape index (κ1) is 22.9. The van der Waals surface area contributed by atoms with E-state index in [-0.39, 0.29) is 22.4 Å². The minimum Gasteiger partial charge on any atom is -0.497 e. The molecular weight excluding hydrogens is 454 g/mol. The van der Waals surface area contributed by atoms with Gasteiger partial charge in [0, 0.05) is 0 Å². The molecule has 2 N–H and O–H groups in total. The van der Waals surface area contributed by atoms with E-state index in [4.69, 9.17) is 19.9 Å². The van der Waals surface area contributed by atoms with Gasteiger partial charge in [-0.25, -0.2) is 4.79 Å². The summed E-state index contributed by atoms with van der Waals surface area (Å²) in [6.07, 6.45) is 1.71. The lowest BCUT2D eigenvalue weighted by Gasteiger charge is -2.25. The standard InChI is InChI=1S/C25H21N3O5S/c1-31-16-8-4-6-14(10-16)11-19-23(29)28-22(15-7-5-9-17(12-15)32-2)18(13-26)21(27)20(24(28)34-19)25(30)33-3/h4-12,22H,27H2,1-3H3. The number of methoxy groups -OCH3 is 3. The van der Waals surface area contributed by atoms with Crippen LogP contribution in [0.4, 0.5) is 0 Å². The second-order valence-corrected chi connectivity index (χ2v) is 8.38. The summed E-state index contributed by atoms with van der Waals surface area (Å²) >= 11 is 1.11. The largest absolute Gasteiger partial charge is 0.497 e. The SMILES string of the molecule is COC(=O)C1=c2sc(=Cc3cccc(OC)c3)c(=O)n2C(c2cccc(OC)c2)C(C#N)=C1N. The summed E-state index contributed by atoms with van der Waals surface area (Å²) in [4.78, 5) is 26.3. The van der Waals surface area contributed by atoms with E-state index in [9.17, 15) is 14.9 Å². The first-order valence-electron chi connectivity index (χ1n) is 10.2. The van der Waals surface area contributed by atoms with Crippen LogP contribution in [0.3, 0.4) is 0 Å². The van der Waals surface area contributed by atoms with Crippen molar-refractivity contribution < 1.29 is 19.0 Å². The number of aromatic nitrogens is 1. The van der Waals surface area contributed by atoms with Crippen LogP contribution in [0.5, 0.6) is 11.5 Å². The fourth-order valence-electron chi connectivity index (χ4n) is 3.86. The van der Waals surface area contributed by atoms with E-state index in [1.807, 2.05) is 12.1 Å². The lowest BCUT2D eigenvalue weighted by Crippen LogP contribution is -2.41. The first-order chi connectivity index (χ1) is 16.4. The summed E-state index contributed by atoms with van der Waals surface area (Å²) in [7, 11) is 4.32. The number of thiazole rings is 1. The van der Waals surface area contributed by atoms with Crippen molar-refractivity contribution in [2.45, 2.75) is 6.04 Å². The van der Waals surface area contributed by atoms with Crippen molar-refractivity contribution >= 4 is 29.0 Å². The molecule has 0 aliphatic carbocycles. The molecule has 172 valence electrons. The molecular formula is C25H21N3O5S. The van der Waals surface area contributed by atoms with Crippen molar-refractivity contribution in [2.75, 3.05) is 21.3 Å². The van der Waals surface area contributed by atoms with Crippen molar-refractivity contribution in [1.29, 1.82) is 5.26 Å². The highest BCUT2D eigenvalue weighted by Gasteiger charge is 2.34. The molecule has 1 unspecified atom stereocenters. The summed E-state index contributed by atoms with van der Waals surface area (Å²) in [5.74, 6) is 0.477. The molecule has 1 aliphatic heterocycles. The minimum atomic E-state index is -0.834. The number of carbonyl (C=O) groups is 1. The fraction of sp³-hybridized carbons (Fsp3) is 0.160. The Labute approximate surface area is 199 Å². The second kappa shape index (κ2) is 9.29. The Bertz CT molecular complexity index is 1540. The predicted octanol–water partition coefficient (Wildman–Crippen LogP) is 1.42. The molecule has 0 fully saturated rings. The van der Waals surface area contributed by atoms with Crippen LogP contribution in [0.15, 0.2) is 64.6 Å². The van der Waals surface area contributed by atoms with Crippen LogP contribution < -0.4 is 30.0 Å². The Hall–Kier alpha value is -4.29. The molecule has 0 saturated heterocycles. The number of rotatable bonds is 5. The monoisotopic (exact) mass is 475 g/mol. The highest BCUT2D eigenvalue weighted by molar-refractivity contribution is 7.07. The maximum Gasteiger partial charge on any atom is 0.343 e. The number of benzene rings is 2. The maximum atomic E-state index is 13.7. The van der Waals surface area contributed by atoms with Crippen LogP contribution >= 0.6 is 11.3 Å². The van der Waals surface area contributed by atoms with E-state index in [0.29, 0.717) is 26.3 Å². The van der Waals surface area contributed by atoms with Crippen LogP contribution in [0.25, 0.3) is 11.6 Å². The number of allylic oxidation sites excluding steroid dienone is 1. The lowest BCUT2D eigenvalue weighted by atomic mass is 9.93. The van der Waals surface area contributed by atoms with Gasteiger partial charge in [-0.05, 0) is 41.5 Å². The van der Waals surface area contributed by atoms with Crippen molar-refractivity contribution in [3.05, 3.63) is 90.5 Å². The molecule has 0 bridgehead atoms. The van der Waals surface area contributed by atoms with E-state index < -0.39 is 12.0 Å². The Kier molecular flexibility index (Phi) is 6.25. The van der Waals surface area contributed by atoms with E-state index in [2.05, 4.69) is 6.07 Å². The summed E-state index contributed by atoms with van der Waals surface area (Å²) in [5, 5.41) is 9.99. The van der Waals surface area contributed by atoms with Crippen LogP contribution in [0.2, 0.25) is 0 Å². The van der Waals surface area contributed by atoms with Gasteiger partial charge >= 0.3 is 5.97 Å². The van der Waals surface area contributed by atoms with Gasteiger partial charge < -0.3 is 19.9 Å². The highest BCUT2D eigenvalue weighted by atomic mass is 32.1. The number of ether oxygens (including phenoxy) is 3. The van der Waals surface area contributed by atoms with E-state index in [1.165, 1.54) is 18.8 Å². The number of hydrogen-bond donors (Lipinski definition) is 1. The second-order valence-electron chi connectivity index (χ2n) is 7.35. The Morgan fingerprint density at radius 3 is 2.44 bits per heavy atom. The van der Waals surface area contributed by atoms with Crippen LogP contribution in [-0.4, -0.2) is 31.9 Å². The Balaban J connectivity index is 2.08. The van der Waals surface area contributed by atoms with Gasteiger partial charge in [-0.1, -0.05) is 24.3 Å². The molecule has 3 aromatic rings. The number of esters is 1. The van der Waals surface area contributed by atoms with Gasteiger partial charge in [-0.2, -0.15) is 5.26 Å². The molecule has 1 aliphatic rings. The van der Waals surface area contributed by atoms with E-state index in [1.54, 1.807) is 49.6 Å². The van der Waals surface area contributed by atoms with Gasteiger partial charge in [0.15, 0.2) is 0 Å². The summed E-state index contributed by atoms with van der Waals surface area (Å²) in [5.41, 5.74) is 7.38. The number of nitriles is 1. The third-order valence-electron chi connectivity index (χ3n) is 5.47. The molecule has 1 aromatic heterocycles. The number of nitrogens with zero attached hydrogens (tertiary/aromatic N) is 2. The van der Waals surface area contributed by atoms with E-state index in [0.717, 1.165) is 16.9 Å². The minimum absolute atomic E-state index is 0.00871. The van der Waals surface area contributed by atoms with Crippen molar-refractivity contribution in [1.82, 2.24) is 4.57 Å². The average Bonchev–Trinajstić information content (AvgIpc) is 3.17. The number of hydrogen-bond acceptors (Lipinski definition) is 8. The van der Waals surface area contributed by atoms with Crippen LogP contribution in [0.1, 0.15) is 17.2 Å². The summed E-state index contributed by atoms with van der Waals surface area (Å²) in [6, 6.07) is 15.5. The lowest BCUT2D eigenvalue weighted by molar-refractivity contribution is -0.133. The summed E-state index contributed by atoms with van der Waals surface area (Å²) < 4.78 is 17.6. The topological polar surface area (TPSA) is 117 Å². The third-order valence-corrected chi connectivity index (χ3v) is 6.58. The molecule has 0 radical (unpaired) electrons. The zero-order valence-corrected chi connectivity index (χ0v) is 19.5. The third kappa shape index (κ3) is 3.84. The Morgan fingerprint density at radius 2 is 1.79 bits per heavy atom. The average molecular weight is 476 g/mol.